The van der Waals surface area contributed by atoms with Crippen LogP contribution < -0.4 is 16.5 Å². The topological polar surface area (TPSA) is 71.3 Å². The number of hydrogen-bond acceptors (Lipinski definition) is 4. The molecule has 0 saturated heterocycles. The summed E-state index contributed by atoms with van der Waals surface area (Å²) in [5.74, 6) is -0.684. The Balaban J connectivity index is 1.86. The van der Waals surface area contributed by atoms with Crippen molar-refractivity contribution in [2.75, 3.05) is 5.43 Å². The van der Waals surface area contributed by atoms with Crippen LogP contribution in [0.5, 0.6) is 0 Å². The molecule has 0 aliphatic rings. The maximum atomic E-state index is 12.2. The van der Waals surface area contributed by atoms with Crippen molar-refractivity contribution in [1.82, 2.24) is 5.43 Å². The number of nitrogens with one attached hydrogen (secondary N) is 2. The molecule has 0 spiro atoms. The monoisotopic (exact) mass is 382 g/mol. The third kappa shape index (κ3) is 3.33. The minimum atomic E-state index is -0.749. The molecule has 1 amide bonds. The van der Waals surface area contributed by atoms with Gasteiger partial charge in [0.05, 0.1) is 15.7 Å². The van der Waals surface area contributed by atoms with Crippen molar-refractivity contribution in [3.63, 3.8) is 0 Å². The van der Waals surface area contributed by atoms with Crippen LogP contribution in [0.2, 0.25) is 15.1 Å². The average molecular weight is 384 g/mol. The molecule has 2 aromatic carbocycles. The Morgan fingerprint density at radius 1 is 1.00 bits per heavy atom. The lowest BCUT2D eigenvalue weighted by atomic mass is 10.2. The summed E-state index contributed by atoms with van der Waals surface area (Å²) in [5.41, 5.74) is 4.70. The van der Waals surface area contributed by atoms with Crippen LogP contribution in [0.25, 0.3) is 11.0 Å². The fourth-order valence-corrected chi connectivity index (χ4v) is 2.98. The van der Waals surface area contributed by atoms with E-state index in [0.717, 1.165) is 0 Å². The molecule has 0 saturated carbocycles. The molecule has 0 fully saturated rings. The van der Waals surface area contributed by atoms with Crippen LogP contribution in [0.1, 0.15) is 10.4 Å². The van der Waals surface area contributed by atoms with Crippen molar-refractivity contribution in [2.24, 2.45) is 0 Å². The molecule has 0 bridgehead atoms. The quantitative estimate of drug-likeness (QED) is 0.515. The maximum absolute atomic E-state index is 12.2. The first-order chi connectivity index (χ1) is 11.5. The van der Waals surface area contributed by atoms with Crippen LogP contribution in [0.4, 0.5) is 5.69 Å². The van der Waals surface area contributed by atoms with Crippen molar-refractivity contribution < 1.29 is 9.21 Å². The van der Waals surface area contributed by atoms with E-state index in [2.05, 4.69) is 10.9 Å². The highest BCUT2D eigenvalue weighted by Gasteiger charge is 2.15. The zero-order valence-electron chi connectivity index (χ0n) is 11.9. The van der Waals surface area contributed by atoms with Gasteiger partial charge in [0, 0.05) is 10.4 Å². The van der Waals surface area contributed by atoms with Crippen molar-refractivity contribution in [3.8, 4) is 0 Å². The van der Waals surface area contributed by atoms with Crippen molar-refractivity contribution >= 4 is 57.4 Å². The lowest BCUT2D eigenvalue weighted by Crippen LogP contribution is -2.33. The predicted molar refractivity (Wildman–Crippen MR) is 95.0 cm³/mol. The van der Waals surface area contributed by atoms with Crippen molar-refractivity contribution in [1.29, 1.82) is 0 Å². The highest BCUT2D eigenvalue weighted by Crippen LogP contribution is 2.33. The molecule has 122 valence electrons. The number of benzene rings is 2. The minimum absolute atomic E-state index is 0.151. The number of hydrazine groups is 1. The fraction of sp³-hybridized carbons (Fsp3) is 0. The zero-order chi connectivity index (χ0) is 17.3. The molecular weight excluding hydrogens is 375 g/mol. The summed E-state index contributed by atoms with van der Waals surface area (Å²) >= 11 is 17.8. The van der Waals surface area contributed by atoms with Gasteiger partial charge in [-0.05, 0) is 24.3 Å². The fourth-order valence-electron chi connectivity index (χ4n) is 2.07. The van der Waals surface area contributed by atoms with Gasteiger partial charge in [0.1, 0.15) is 11.1 Å². The Labute approximate surface area is 151 Å². The molecule has 0 radical (unpaired) electrons. The van der Waals surface area contributed by atoms with Crippen LogP contribution in [0, 0.1) is 0 Å². The summed E-state index contributed by atoms with van der Waals surface area (Å²) in [7, 11) is 0. The van der Waals surface area contributed by atoms with E-state index >= 15 is 0 Å². The van der Waals surface area contributed by atoms with Gasteiger partial charge in [-0.2, -0.15) is 0 Å². The number of anilines is 1. The van der Waals surface area contributed by atoms with E-state index in [1.807, 2.05) is 0 Å². The second-order valence-electron chi connectivity index (χ2n) is 4.81. The first kappa shape index (κ1) is 16.6. The second kappa shape index (κ2) is 6.73. The largest absolute Gasteiger partial charge is 0.422 e. The lowest BCUT2D eigenvalue weighted by molar-refractivity contribution is 0.0959. The lowest BCUT2D eigenvalue weighted by Gasteiger charge is -2.12. The summed E-state index contributed by atoms with van der Waals surface area (Å²) in [6, 6.07) is 11.3. The average Bonchev–Trinajstić information content (AvgIpc) is 2.53. The number of hydrogen-bond donors (Lipinski definition) is 2. The maximum Gasteiger partial charge on any atom is 0.349 e. The summed E-state index contributed by atoms with van der Waals surface area (Å²) in [4.78, 5) is 24.2. The van der Waals surface area contributed by atoms with Crippen molar-refractivity contribution in [2.45, 2.75) is 0 Å². The molecule has 24 heavy (non-hydrogen) atoms. The Morgan fingerprint density at radius 2 is 1.67 bits per heavy atom. The number of halogens is 3. The van der Waals surface area contributed by atoms with Gasteiger partial charge in [-0.1, -0.05) is 53.0 Å². The highest BCUT2D eigenvalue weighted by molar-refractivity contribution is 6.41. The minimum Gasteiger partial charge on any atom is -0.422 e. The van der Waals surface area contributed by atoms with Gasteiger partial charge in [-0.15, -0.1) is 0 Å². The van der Waals surface area contributed by atoms with Crippen LogP contribution >= 0.6 is 34.8 Å². The first-order valence-electron chi connectivity index (χ1n) is 6.69. The molecular formula is C16H9Cl3N2O3. The third-order valence-electron chi connectivity index (χ3n) is 3.19. The molecule has 0 unspecified atom stereocenters. The van der Waals surface area contributed by atoms with E-state index in [-0.39, 0.29) is 21.3 Å². The van der Waals surface area contributed by atoms with Gasteiger partial charge in [0.25, 0.3) is 5.91 Å². The summed E-state index contributed by atoms with van der Waals surface area (Å²) in [6.45, 7) is 0. The molecule has 0 aliphatic carbocycles. The number of carbonyl (C=O) groups is 1. The molecule has 5 nitrogen and oxygen atoms in total. The zero-order valence-corrected chi connectivity index (χ0v) is 14.2. The van der Waals surface area contributed by atoms with Crippen LogP contribution in [0.3, 0.4) is 0 Å². The number of rotatable bonds is 3. The molecule has 3 aromatic rings. The normalized spacial score (nSPS) is 10.6. The molecule has 0 aliphatic heterocycles. The van der Waals surface area contributed by atoms with Gasteiger partial charge >= 0.3 is 5.63 Å². The molecule has 0 atom stereocenters. The van der Waals surface area contributed by atoms with E-state index in [0.29, 0.717) is 16.0 Å². The molecule has 2 N–H and O–H groups in total. The van der Waals surface area contributed by atoms with Crippen LogP contribution in [-0.2, 0) is 0 Å². The first-order valence-corrected chi connectivity index (χ1v) is 7.83. The van der Waals surface area contributed by atoms with E-state index in [1.165, 1.54) is 18.2 Å². The highest BCUT2D eigenvalue weighted by atomic mass is 35.5. The Bertz CT molecular complexity index is 978. The standard InChI is InChI=1S/C16H9Cl3N2O3/c17-9-6-11(18)14(12(19)7-9)20-21-15(22)10-5-8-3-1-2-4-13(8)24-16(10)23/h1-7,20H,(H,21,22). The number of para-hydroxylation sites is 1. The summed E-state index contributed by atoms with van der Waals surface area (Å²) < 4.78 is 5.12. The van der Waals surface area contributed by atoms with E-state index < -0.39 is 11.5 Å². The number of fused-ring (bicyclic) bond motifs is 1. The van der Waals surface area contributed by atoms with Gasteiger partial charge < -0.3 is 4.42 Å². The van der Waals surface area contributed by atoms with Crippen molar-refractivity contribution in [3.05, 3.63) is 73.5 Å². The Hall–Kier alpha value is -2.21. The van der Waals surface area contributed by atoms with Crippen LogP contribution in [0.15, 0.2) is 51.7 Å². The van der Waals surface area contributed by atoms with E-state index in [1.54, 1.807) is 24.3 Å². The van der Waals surface area contributed by atoms with E-state index in [4.69, 9.17) is 39.2 Å². The number of carbonyl (C=O) groups excluding carboxylic acids is 1. The summed E-state index contributed by atoms with van der Waals surface area (Å²) in [6.07, 6.45) is 0. The van der Waals surface area contributed by atoms with Gasteiger partial charge in [0.2, 0.25) is 0 Å². The second-order valence-corrected chi connectivity index (χ2v) is 6.06. The van der Waals surface area contributed by atoms with Crippen LogP contribution in [-0.4, -0.2) is 5.91 Å². The third-order valence-corrected chi connectivity index (χ3v) is 4.01. The Kier molecular flexibility index (Phi) is 4.66. The predicted octanol–water partition coefficient (Wildman–Crippen LogP) is 4.51. The molecule has 1 aromatic heterocycles. The molecule has 3 rings (SSSR count). The smallest absolute Gasteiger partial charge is 0.349 e. The van der Waals surface area contributed by atoms with Gasteiger partial charge in [0.15, 0.2) is 0 Å². The number of amides is 1. The molecule has 1 heterocycles. The van der Waals surface area contributed by atoms with E-state index in [9.17, 15) is 9.59 Å². The van der Waals surface area contributed by atoms with Gasteiger partial charge in [-0.25, -0.2) is 4.79 Å². The SMILES string of the molecule is O=C(NNc1c(Cl)cc(Cl)cc1Cl)c1cc2ccccc2oc1=O. The summed E-state index contributed by atoms with van der Waals surface area (Å²) in [5, 5.41) is 1.43. The van der Waals surface area contributed by atoms with Gasteiger partial charge in [-0.3, -0.25) is 15.6 Å². The Morgan fingerprint density at radius 3 is 2.38 bits per heavy atom. The molecule has 8 heteroatoms.